The molecule has 12 heavy (non-hydrogen) atoms. The Hall–Kier alpha value is -1.91. The Labute approximate surface area is 68.6 Å². The lowest BCUT2D eigenvalue weighted by Crippen LogP contribution is -2.38. The molecular weight excluding hydrogens is 156 g/mol. The molecule has 5 heteroatoms. The molecule has 1 aromatic heterocycles. The molecule has 5 nitrogen and oxygen atoms in total. The van der Waals surface area contributed by atoms with Gasteiger partial charge in [-0.25, -0.2) is 0 Å². The van der Waals surface area contributed by atoms with Crippen molar-refractivity contribution >= 4 is 5.69 Å². The number of anilines is 1. The molecule has 0 aliphatic carbocycles. The van der Waals surface area contributed by atoms with Gasteiger partial charge in [-0.15, -0.1) is 0 Å². The molecule has 62 valence electrons. The van der Waals surface area contributed by atoms with Crippen molar-refractivity contribution in [2.75, 3.05) is 5.12 Å². The van der Waals surface area contributed by atoms with Gasteiger partial charge in [0.15, 0.2) is 0 Å². The van der Waals surface area contributed by atoms with E-state index in [1.807, 2.05) is 0 Å². The Morgan fingerprint density at radius 3 is 2.50 bits per heavy atom. The maximum atomic E-state index is 10.7. The molecule has 0 spiro atoms. The third-order valence-corrected chi connectivity index (χ3v) is 1.52. The molecule has 0 amide bonds. The van der Waals surface area contributed by atoms with Crippen molar-refractivity contribution in [3.05, 3.63) is 41.1 Å². The monoisotopic (exact) mass is 164 g/mol. The van der Waals surface area contributed by atoms with Crippen molar-refractivity contribution in [1.82, 2.24) is 15.8 Å². The standard InChI is InChI=1S/C7H8N4O/c12-7-2-1-6(5-8-7)11-9-3-4-10-11/h1-5,9-10H,(H,8,12). The van der Waals surface area contributed by atoms with Crippen LogP contribution in [0.15, 0.2) is 35.5 Å². The highest BCUT2D eigenvalue weighted by atomic mass is 16.1. The van der Waals surface area contributed by atoms with Crippen molar-refractivity contribution in [2.24, 2.45) is 0 Å². The van der Waals surface area contributed by atoms with Crippen LogP contribution in [-0.4, -0.2) is 4.98 Å². The number of hydrogen-bond acceptors (Lipinski definition) is 4. The van der Waals surface area contributed by atoms with E-state index in [4.69, 9.17) is 0 Å². The van der Waals surface area contributed by atoms with Crippen LogP contribution in [0.2, 0.25) is 0 Å². The van der Waals surface area contributed by atoms with E-state index >= 15 is 0 Å². The fourth-order valence-electron chi connectivity index (χ4n) is 0.951. The number of aromatic nitrogens is 1. The summed E-state index contributed by atoms with van der Waals surface area (Å²) in [6, 6.07) is 3.18. The van der Waals surface area contributed by atoms with Crippen molar-refractivity contribution in [1.29, 1.82) is 0 Å². The highest BCUT2D eigenvalue weighted by molar-refractivity contribution is 5.42. The van der Waals surface area contributed by atoms with Gasteiger partial charge in [0.05, 0.1) is 5.69 Å². The second-order valence-corrected chi connectivity index (χ2v) is 2.34. The van der Waals surface area contributed by atoms with Crippen molar-refractivity contribution in [2.45, 2.75) is 0 Å². The predicted molar refractivity (Wildman–Crippen MR) is 45.0 cm³/mol. The summed E-state index contributed by atoms with van der Waals surface area (Å²) in [7, 11) is 0. The van der Waals surface area contributed by atoms with Gasteiger partial charge in [-0.1, -0.05) is 0 Å². The van der Waals surface area contributed by atoms with Gasteiger partial charge in [-0.2, -0.15) is 5.12 Å². The molecule has 1 aromatic rings. The van der Waals surface area contributed by atoms with E-state index in [0.717, 1.165) is 5.69 Å². The van der Waals surface area contributed by atoms with Gasteiger partial charge in [-0.3, -0.25) is 15.6 Å². The van der Waals surface area contributed by atoms with E-state index in [0.29, 0.717) is 0 Å². The van der Waals surface area contributed by atoms with Crippen LogP contribution in [0.3, 0.4) is 0 Å². The Kier molecular flexibility index (Phi) is 1.48. The van der Waals surface area contributed by atoms with E-state index in [9.17, 15) is 4.79 Å². The predicted octanol–water partition coefficient (Wildman–Crippen LogP) is -0.325. The minimum atomic E-state index is -0.106. The first-order valence-corrected chi connectivity index (χ1v) is 3.52. The number of aromatic amines is 1. The number of hydrogen-bond donors (Lipinski definition) is 3. The van der Waals surface area contributed by atoms with Crippen molar-refractivity contribution in [3.8, 4) is 0 Å². The molecule has 0 unspecified atom stereocenters. The van der Waals surface area contributed by atoms with Crippen LogP contribution in [0, 0.1) is 0 Å². The fraction of sp³-hybridized carbons (Fsp3) is 0. The molecular formula is C7H8N4O. The van der Waals surface area contributed by atoms with Gasteiger partial charge >= 0.3 is 0 Å². The maximum absolute atomic E-state index is 10.7. The van der Waals surface area contributed by atoms with Gasteiger partial charge in [-0.05, 0) is 6.07 Å². The van der Waals surface area contributed by atoms with Crippen LogP contribution in [-0.2, 0) is 0 Å². The molecule has 0 saturated heterocycles. The molecule has 2 heterocycles. The van der Waals surface area contributed by atoms with E-state index < -0.39 is 0 Å². The molecule has 0 radical (unpaired) electrons. The molecule has 0 fully saturated rings. The zero-order valence-electron chi connectivity index (χ0n) is 6.24. The third kappa shape index (κ3) is 1.12. The summed E-state index contributed by atoms with van der Waals surface area (Å²) in [4.78, 5) is 13.3. The lowest BCUT2D eigenvalue weighted by atomic mass is 10.4. The topological polar surface area (TPSA) is 60.2 Å². The van der Waals surface area contributed by atoms with Gasteiger partial charge < -0.3 is 4.98 Å². The number of nitrogens with zero attached hydrogens (tertiary/aromatic N) is 1. The van der Waals surface area contributed by atoms with Crippen molar-refractivity contribution < 1.29 is 0 Å². The van der Waals surface area contributed by atoms with E-state index in [1.165, 1.54) is 6.07 Å². The Morgan fingerprint density at radius 2 is 1.92 bits per heavy atom. The van der Waals surface area contributed by atoms with Gasteiger partial charge in [0.2, 0.25) is 5.56 Å². The highest BCUT2D eigenvalue weighted by Crippen LogP contribution is 2.06. The first kappa shape index (κ1) is 6.78. The number of hydrazine groups is 2. The van der Waals surface area contributed by atoms with Crippen molar-refractivity contribution in [3.63, 3.8) is 0 Å². The largest absolute Gasteiger partial charge is 0.327 e. The quantitative estimate of drug-likeness (QED) is 0.532. The summed E-state index contributed by atoms with van der Waals surface area (Å²) in [5.74, 6) is 0. The smallest absolute Gasteiger partial charge is 0.248 e. The minimum absolute atomic E-state index is 0.106. The lowest BCUT2D eigenvalue weighted by molar-refractivity contribution is 0.727. The number of rotatable bonds is 1. The van der Waals surface area contributed by atoms with E-state index in [-0.39, 0.29) is 5.56 Å². The summed E-state index contributed by atoms with van der Waals surface area (Å²) < 4.78 is 0. The Balaban J connectivity index is 2.23. The van der Waals surface area contributed by atoms with Crippen LogP contribution in [0.5, 0.6) is 0 Å². The molecule has 0 atom stereocenters. The summed E-state index contributed by atoms with van der Waals surface area (Å²) in [5.41, 5.74) is 6.57. The van der Waals surface area contributed by atoms with Crippen LogP contribution >= 0.6 is 0 Å². The van der Waals surface area contributed by atoms with Gasteiger partial charge in [0.25, 0.3) is 0 Å². The molecule has 0 bridgehead atoms. The summed E-state index contributed by atoms with van der Waals surface area (Å²) in [6.45, 7) is 0. The zero-order chi connectivity index (χ0) is 8.39. The molecule has 1 aliphatic heterocycles. The van der Waals surface area contributed by atoms with Gasteiger partial charge in [0.1, 0.15) is 0 Å². The molecule has 1 aliphatic rings. The second-order valence-electron chi connectivity index (χ2n) is 2.34. The average molecular weight is 164 g/mol. The zero-order valence-corrected chi connectivity index (χ0v) is 6.24. The normalized spacial score (nSPS) is 14.2. The molecule has 2 rings (SSSR count). The van der Waals surface area contributed by atoms with E-state index in [2.05, 4.69) is 15.8 Å². The summed E-state index contributed by atoms with van der Waals surface area (Å²) in [5, 5.41) is 1.68. The lowest BCUT2D eigenvalue weighted by Gasteiger charge is -2.17. The maximum Gasteiger partial charge on any atom is 0.248 e. The number of nitrogens with one attached hydrogen (secondary N) is 3. The van der Waals surface area contributed by atoms with Crippen LogP contribution in [0.1, 0.15) is 0 Å². The van der Waals surface area contributed by atoms with Gasteiger partial charge in [0, 0.05) is 24.7 Å². The first-order chi connectivity index (χ1) is 5.86. The van der Waals surface area contributed by atoms with Crippen LogP contribution in [0.4, 0.5) is 5.69 Å². The number of H-pyrrole nitrogens is 1. The van der Waals surface area contributed by atoms with Crippen LogP contribution < -0.4 is 21.5 Å². The molecule has 0 aromatic carbocycles. The fourth-order valence-corrected chi connectivity index (χ4v) is 0.951. The first-order valence-electron chi connectivity index (χ1n) is 3.52. The molecule has 0 saturated carbocycles. The summed E-state index contributed by atoms with van der Waals surface area (Å²) in [6.07, 6.45) is 5.13. The minimum Gasteiger partial charge on any atom is -0.327 e. The summed E-state index contributed by atoms with van der Waals surface area (Å²) >= 11 is 0. The average Bonchev–Trinajstić information content (AvgIpc) is 2.58. The number of pyridine rings is 1. The Bertz CT molecular complexity index is 328. The highest BCUT2D eigenvalue weighted by Gasteiger charge is 2.04. The third-order valence-electron chi connectivity index (χ3n) is 1.52. The van der Waals surface area contributed by atoms with E-state index in [1.54, 1.807) is 29.8 Å². The Morgan fingerprint density at radius 1 is 1.17 bits per heavy atom. The SMILES string of the molecule is O=c1ccc(N2NC=CN2)c[nH]1. The molecule has 3 N–H and O–H groups in total. The second kappa shape index (κ2) is 2.61. The van der Waals surface area contributed by atoms with Crippen LogP contribution in [0.25, 0.3) is 0 Å².